The maximum absolute atomic E-state index is 12.4. The van der Waals surface area contributed by atoms with E-state index in [2.05, 4.69) is 15.9 Å². The van der Waals surface area contributed by atoms with Crippen LogP contribution in [0.2, 0.25) is 0 Å². The fourth-order valence-electron chi connectivity index (χ4n) is 2.10. The minimum atomic E-state index is -0.447. The lowest BCUT2D eigenvalue weighted by atomic mass is 10.1. The van der Waals surface area contributed by atoms with Gasteiger partial charge in [-0.25, -0.2) is 0 Å². The van der Waals surface area contributed by atoms with Gasteiger partial charge >= 0.3 is 6.09 Å². The van der Waals surface area contributed by atoms with Crippen molar-refractivity contribution in [2.24, 2.45) is 0 Å². The van der Waals surface area contributed by atoms with Crippen LogP contribution >= 0.6 is 15.9 Å². The molecule has 0 aliphatic carbocycles. The number of halogens is 1. The van der Waals surface area contributed by atoms with Gasteiger partial charge in [0.15, 0.2) is 6.20 Å². The number of ether oxygens (including phenoxy) is 1. The van der Waals surface area contributed by atoms with Gasteiger partial charge in [-0.3, -0.25) is 0 Å². The van der Waals surface area contributed by atoms with Crippen molar-refractivity contribution in [3.8, 4) is 17.0 Å². The molecule has 1 aromatic heterocycles. The van der Waals surface area contributed by atoms with Crippen LogP contribution in [0.5, 0.6) is 5.75 Å². The Labute approximate surface area is 136 Å². The van der Waals surface area contributed by atoms with E-state index >= 15 is 0 Å². The minimum absolute atomic E-state index is 0.447. The zero-order chi connectivity index (χ0) is 15.4. The third kappa shape index (κ3) is 3.23. The number of hydrogen-bond donors (Lipinski definition) is 0. The molecule has 0 saturated carbocycles. The lowest BCUT2D eigenvalue weighted by molar-refractivity contribution is -0.570. The third-order valence-electron chi connectivity index (χ3n) is 3.13. The molecule has 0 bridgehead atoms. The van der Waals surface area contributed by atoms with Crippen molar-refractivity contribution in [3.05, 3.63) is 83.5 Å². The van der Waals surface area contributed by atoms with Gasteiger partial charge in [-0.2, -0.15) is 4.79 Å². The second kappa shape index (κ2) is 6.54. The van der Waals surface area contributed by atoms with E-state index in [9.17, 15) is 4.79 Å². The van der Waals surface area contributed by atoms with Crippen molar-refractivity contribution in [2.45, 2.75) is 0 Å². The Morgan fingerprint density at radius 2 is 1.55 bits per heavy atom. The van der Waals surface area contributed by atoms with E-state index in [0.717, 1.165) is 15.7 Å². The van der Waals surface area contributed by atoms with Gasteiger partial charge in [-0.15, -0.1) is 0 Å². The molecule has 0 spiro atoms. The molecule has 0 saturated heterocycles. The number of pyridine rings is 1. The monoisotopic (exact) mass is 354 g/mol. The summed E-state index contributed by atoms with van der Waals surface area (Å²) in [6, 6.07) is 22.4. The summed E-state index contributed by atoms with van der Waals surface area (Å²) < 4.78 is 7.80. The van der Waals surface area contributed by atoms with Gasteiger partial charge in [0, 0.05) is 22.2 Å². The highest BCUT2D eigenvalue weighted by Gasteiger charge is 2.24. The molecule has 0 atom stereocenters. The topological polar surface area (TPSA) is 30.2 Å². The summed E-state index contributed by atoms with van der Waals surface area (Å²) in [6.07, 6.45) is 1.25. The van der Waals surface area contributed by atoms with Gasteiger partial charge in [-0.1, -0.05) is 56.9 Å². The molecule has 0 radical (unpaired) electrons. The average Bonchev–Trinajstić information content (AvgIpc) is 2.56. The van der Waals surface area contributed by atoms with Crippen LogP contribution in [-0.2, 0) is 0 Å². The molecule has 3 aromatic rings. The van der Waals surface area contributed by atoms with Gasteiger partial charge in [-0.05, 0) is 24.3 Å². The molecular formula is C18H13BrNO2+. The molecule has 4 heteroatoms. The van der Waals surface area contributed by atoms with Crippen LogP contribution in [0.25, 0.3) is 11.3 Å². The fraction of sp³-hybridized carbons (Fsp3) is 0. The normalized spacial score (nSPS) is 10.2. The van der Waals surface area contributed by atoms with E-state index in [-0.39, 0.29) is 0 Å². The highest BCUT2D eigenvalue weighted by atomic mass is 79.9. The van der Waals surface area contributed by atoms with Crippen molar-refractivity contribution in [1.29, 1.82) is 0 Å². The molecule has 0 N–H and O–H groups in total. The van der Waals surface area contributed by atoms with E-state index in [1.165, 1.54) is 4.57 Å². The molecule has 1 heterocycles. The van der Waals surface area contributed by atoms with Crippen molar-refractivity contribution in [3.63, 3.8) is 0 Å². The summed E-state index contributed by atoms with van der Waals surface area (Å²) in [6.45, 7) is 0. The smallest absolute Gasteiger partial charge is 0.372 e. The first-order chi connectivity index (χ1) is 10.7. The number of carbonyl (C=O) groups is 1. The summed E-state index contributed by atoms with van der Waals surface area (Å²) in [5.74, 6) is 0.516. The van der Waals surface area contributed by atoms with Crippen LogP contribution in [-0.4, -0.2) is 6.09 Å². The van der Waals surface area contributed by atoms with Crippen LogP contribution in [0.1, 0.15) is 0 Å². The van der Waals surface area contributed by atoms with Crippen LogP contribution in [0.3, 0.4) is 0 Å². The zero-order valence-electron chi connectivity index (χ0n) is 11.6. The number of aromatic nitrogens is 1. The van der Waals surface area contributed by atoms with Gasteiger partial charge < -0.3 is 4.74 Å². The molecular weight excluding hydrogens is 342 g/mol. The highest BCUT2D eigenvalue weighted by molar-refractivity contribution is 9.10. The van der Waals surface area contributed by atoms with Crippen molar-refractivity contribution in [1.82, 2.24) is 0 Å². The predicted molar refractivity (Wildman–Crippen MR) is 87.6 cm³/mol. The number of para-hydroxylation sites is 1. The molecule has 0 unspecified atom stereocenters. The second-order valence-corrected chi connectivity index (χ2v) is 5.56. The van der Waals surface area contributed by atoms with Crippen molar-refractivity contribution >= 4 is 22.0 Å². The number of rotatable bonds is 2. The van der Waals surface area contributed by atoms with Crippen LogP contribution in [0.4, 0.5) is 4.79 Å². The summed E-state index contributed by atoms with van der Waals surface area (Å²) in [4.78, 5) is 12.4. The SMILES string of the molecule is O=C(Oc1ccccc1)[n+]1ccc(Br)cc1-c1ccccc1. The van der Waals surface area contributed by atoms with Crippen molar-refractivity contribution < 1.29 is 14.1 Å². The average molecular weight is 355 g/mol. The lowest BCUT2D eigenvalue weighted by Crippen LogP contribution is -2.46. The zero-order valence-corrected chi connectivity index (χ0v) is 13.2. The number of hydrogen-bond acceptors (Lipinski definition) is 2. The maximum atomic E-state index is 12.4. The standard InChI is InChI=1S/C18H13BrNO2/c19-15-11-12-20(17(13-15)14-7-3-1-4-8-14)18(21)22-16-9-5-2-6-10-16/h1-13H/q+1. The maximum Gasteiger partial charge on any atom is 0.608 e. The number of benzene rings is 2. The Bertz CT molecular complexity index is 789. The van der Waals surface area contributed by atoms with Crippen molar-refractivity contribution in [2.75, 3.05) is 0 Å². The van der Waals surface area contributed by atoms with Gasteiger partial charge in [0.25, 0.3) is 0 Å². The van der Waals surface area contributed by atoms with Crippen LogP contribution in [0, 0.1) is 0 Å². The first-order valence-electron chi connectivity index (χ1n) is 6.78. The number of nitrogens with zero attached hydrogens (tertiary/aromatic N) is 1. The lowest BCUT2D eigenvalue weighted by Gasteiger charge is -2.04. The highest BCUT2D eigenvalue weighted by Crippen LogP contribution is 2.19. The molecule has 0 aliphatic rings. The molecule has 0 fully saturated rings. The van der Waals surface area contributed by atoms with Gasteiger partial charge in [0.2, 0.25) is 5.69 Å². The Morgan fingerprint density at radius 3 is 2.23 bits per heavy atom. The van der Waals surface area contributed by atoms with Gasteiger partial charge in [0.1, 0.15) is 5.75 Å². The first kappa shape index (κ1) is 14.5. The fourth-order valence-corrected chi connectivity index (χ4v) is 2.44. The van der Waals surface area contributed by atoms with E-state index in [1.807, 2.05) is 54.6 Å². The predicted octanol–water partition coefficient (Wildman–Crippen LogP) is 4.45. The third-order valence-corrected chi connectivity index (χ3v) is 3.62. The summed E-state index contributed by atoms with van der Waals surface area (Å²) >= 11 is 3.44. The summed E-state index contributed by atoms with van der Waals surface area (Å²) in [5.41, 5.74) is 1.70. The quantitative estimate of drug-likeness (QED) is 0.636. The van der Waals surface area contributed by atoms with E-state index in [4.69, 9.17) is 4.74 Å². The minimum Gasteiger partial charge on any atom is -0.372 e. The van der Waals surface area contributed by atoms with Crippen LogP contribution < -0.4 is 9.30 Å². The molecule has 3 rings (SSSR count). The summed E-state index contributed by atoms with van der Waals surface area (Å²) in [7, 11) is 0. The Morgan fingerprint density at radius 1 is 0.909 bits per heavy atom. The molecule has 2 aromatic carbocycles. The Hall–Kier alpha value is -2.46. The first-order valence-corrected chi connectivity index (χ1v) is 7.57. The molecule has 3 nitrogen and oxygen atoms in total. The molecule has 0 amide bonds. The van der Waals surface area contributed by atoms with Crippen LogP contribution in [0.15, 0.2) is 83.5 Å². The second-order valence-electron chi connectivity index (χ2n) is 4.65. The van der Waals surface area contributed by atoms with E-state index in [1.54, 1.807) is 24.4 Å². The Balaban J connectivity index is 1.98. The van der Waals surface area contributed by atoms with E-state index in [0.29, 0.717) is 5.75 Å². The molecule has 22 heavy (non-hydrogen) atoms. The Kier molecular flexibility index (Phi) is 4.30. The van der Waals surface area contributed by atoms with E-state index < -0.39 is 6.09 Å². The molecule has 0 aliphatic heterocycles. The number of carbonyl (C=O) groups excluding carboxylic acids is 1. The summed E-state index contributed by atoms with van der Waals surface area (Å²) in [5, 5.41) is 0. The van der Waals surface area contributed by atoms with Gasteiger partial charge in [0.05, 0.1) is 0 Å². The largest absolute Gasteiger partial charge is 0.608 e. The molecule has 108 valence electrons.